The molecule has 3 aromatic rings. The molecule has 2 aliphatic rings. The highest BCUT2D eigenvalue weighted by Gasteiger charge is 2.26. The summed E-state index contributed by atoms with van der Waals surface area (Å²) in [6.07, 6.45) is 5.16. The molecule has 0 amide bonds. The second-order valence-corrected chi connectivity index (χ2v) is 9.16. The lowest BCUT2D eigenvalue weighted by molar-refractivity contribution is 0.0358. The fourth-order valence-electron chi connectivity index (χ4n) is 3.70. The molecule has 0 atom stereocenters. The van der Waals surface area contributed by atoms with Crippen molar-refractivity contribution < 1.29 is 9.47 Å². The van der Waals surface area contributed by atoms with Crippen LogP contribution in [0.2, 0.25) is 0 Å². The summed E-state index contributed by atoms with van der Waals surface area (Å²) in [4.78, 5) is 11.4. The van der Waals surface area contributed by atoms with Gasteiger partial charge in [0.05, 0.1) is 30.0 Å². The monoisotopic (exact) mass is 513 g/mol. The Morgan fingerprint density at radius 1 is 1.15 bits per heavy atom. The van der Waals surface area contributed by atoms with E-state index in [2.05, 4.69) is 51.6 Å². The molecule has 10 heteroatoms. The molecule has 9 nitrogen and oxygen atoms in total. The van der Waals surface area contributed by atoms with E-state index in [0.717, 1.165) is 66.7 Å². The van der Waals surface area contributed by atoms with Crippen LogP contribution in [-0.2, 0) is 4.74 Å². The van der Waals surface area contributed by atoms with E-state index in [1.807, 2.05) is 30.3 Å². The van der Waals surface area contributed by atoms with E-state index in [9.17, 15) is 0 Å². The highest BCUT2D eigenvalue weighted by Crippen LogP contribution is 2.39. The molecule has 0 spiro atoms. The first kappa shape index (κ1) is 22.1. The Morgan fingerprint density at radius 3 is 2.76 bits per heavy atom. The van der Waals surface area contributed by atoms with E-state index >= 15 is 0 Å². The van der Waals surface area contributed by atoms with Crippen LogP contribution in [0.25, 0.3) is 0 Å². The average molecular weight is 514 g/mol. The van der Waals surface area contributed by atoms with Crippen molar-refractivity contribution in [3.05, 3.63) is 46.7 Å². The molecular weight excluding hydrogens is 486 g/mol. The van der Waals surface area contributed by atoms with Crippen LogP contribution in [0.5, 0.6) is 5.75 Å². The summed E-state index contributed by atoms with van der Waals surface area (Å²) < 4.78 is 12.0. The number of morpholine rings is 1. The van der Waals surface area contributed by atoms with E-state index < -0.39 is 0 Å². The lowest BCUT2D eigenvalue weighted by Gasteiger charge is -2.26. The summed E-state index contributed by atoms with van der Waals surface area (Å²) in [6.45, 7) is 5.43. The molecule has 174 valence electrons. The molecule has 1 aliphatic heterocycles. The fourth-order valence-corrected chi connectivity index (χ4v) is 3.99. The predicted octanol–water partition coefficient (Wildman–Crippen LogP) is 4.43. The van der Waals surface area contributed by atoms with Crippen molar-refractivity contribution in [3.8, 4) is 5.75 Å². The second kappa shape index (κ2) is 10.5. The number of nitrogens with one attached hydrogen (secondary N) is 3. The van der Waals surface area contributed by atoms with Gasteiger partial charge in [-0.15, -0.1) is 0 Å². The smallest absolute Gasteiger partial charge is 0.229 e. The molecule has 0 bridgehead atoms. The quantitative estimate of drug-likeness (QED) is 0.342. The Labute approximate surface area is 201 Å². The number of aromatic amines is 1. The molecule has 1 saturated carbocycles. The van der Waals surface area contributed by atoms with E-state index in [4.69, 9.17) is 9.47 Å². The molecule has 3 heterocycles. The Balaban J connectivity index is 1.12. The van der Waals surface area contributed by atoms with Crippen molar-refractivity contribution >= 4 is 39.2 Å². The molecule has 0 unspecified atom stereocenters. The second-order valence-electron chi connectivity index (χ2n) is 8.30. The third-order valence-corrected chi connectivity index (χ3v) is 6.27. The Kier molecular flexibility index (Phi) is 7.03. The van der Waals surface area contributed by atoms with Crippen LogP contribution in [-0.4, -0.2) is 64.5 Å². The first-order valence-electron chi connectivity index (χ1n) is 11.4. The highest BCUT2D eigenvalue weighted by atomic mass is 79.9. The van der Waals surface area contributed by atoms with Crippen LogP contribution in [0.3, 0.4) is 0 Å². The lowest BCUT2D eigenvalue weighted by atomic mass is 10.3. The van der Waals surface area contributed by atoms with Gasteiger partial charge in [-0.3, -0.25) is 10.00 Å². The van der Waals surface area contributed by atoms with Crippen molar-refractivity contribution in [2.75, 3.05) is 50.1 Å². The maximum absolute atomic E-state index is 5.88. The molecule has 2 fully saturated rings. The molecule has 1 aromatic carbocycles. The Hall–Kier alpha value is -2.69. The zero-order chi connectivity index (χ0) is 22.5. The number of hydrogen-bond acceptors (Lipinski definition) is 8. The van der Waals surface area contributed by atoms with Gasteiger partial charge in [-0.25, -0.2) is 4.98 Å². The maximum Gasteiger partial charge on any atom is 0.229 e. The molecule has 0 radical (unpaired) electrons. The zero-order valence-electron chi connectivity index (χ0n) is 18.4. The van der Waals surface area contributed by atoms with E-state index in [1.54, 1.807) is 6.20 Å². The standard InChI is InChI=1S/C23H28BrN7O2/c24-19-15-25-23(28-22(19)27-21-14-20(29-30-21)16-2-3-16)26-17-4-6-18(7-5-17)33-11-1-8-31-9-12-32-13-10-31/h4-7,14-16H,1-3,8-13H2,(H3,25,26,27,28,29,30). The number of halogens is 1. The maximum atomic E-state index is 5.88. The fraction of sp³-hybridized carbons (Fsp3) is 0.435. The van der Waals surface area contributed by atoms with Crippen LogP contribution in [0.15, 0.2) is 41.0 Å². The molecule has 33 heavy (non-hydrogen) atoms. The summed E-state index contributed by atoms with van der Waals surface area (Å²) in [5, 5.41) is 13.9. The number of ether oxygens (including phenoxy) is 2. The first-order chi connectivity index (χ1) is 16.2. The molecule has 3 N–H and O–H groups in total. The molecule has 2 aromatic heterocycles. The van der Waals surface area contributed by atoms with Gasteiger partial charge in [0.15, 0.2) is 5.82 Å². The third-order valence-electron chi connectivity index (χ3n) is 5.69. The van der Waals surface area contributed by atoms with Crippen molar-refractivity contribution in [2.45, 2.75) is 25.2 Å². The number of benzene rings is 1. The van der Waals surface area contributed by atoms with Crippen molar-refractivity contribution in [1.82, 2.24) is 25.1 Å². The van der Waals surface area contributed by atoms with Crippen LogP contribution in [0, 0.1) is 0 Å². The summed E-state index contributed by atoms with van der Waals surface area (Å²) in [7, 11) is 0. The van der Waals surface area contributed by atoms with Crippen LogP contribution in [0.1, 0.15) is 30.9 Å². The largest absolute Gasteiger partial charge is 0.494 e. The Bertz CT molecular complexity index is 1050. The summed E-state index contributed by atoms with van der Waals surface area (Å²) in [5.41, 5.74) is 1.99. The van der Waals surface area contributed by atoms with Gasteiger partial charge in [-0.2, -0.15) is 10.1 Å². The first-order valence-corrected chi connectivity index (χ1v) is 12.2. The average Bonchev–Trinajstić information content (AvgIpc) is 3.59. The number of H-pyrrole nitrogens is 1. The van der Waals surface area contributed by atoms with Crippen molar-refractivity contribution in [1.29, 1.82) is 0 Å². The van der Waals surface area contributed by atoms with Crippen LogP contribution < -0.4 is 15.4 Å². The van der Waals surface area contributed by atoms with Gasteiger partial charge in [0.2, 0.25) is 5.95 Å². The summed E-state index contributed by atoms with van der Waals surface area (Å²) >= 11 is 3.51. The van der Waals surface area contributed by atoms with Crippen molar-refractivity contribution in [3.63, 3.8) is 0 Å². The van der Waals surface area contributed by atoms with Gasteiger partial charge in [0.1, 0.15) is 11.6 Å². The van der Waals surface area contributed by atoms with E-state index in [-0.39, 0.29) is 0 Å². The number of hydrogen-bond donors (Lipinski definition) is 3. The topological polar surface area (TPSA) is 100 Å². The number of rotatable bonds is 10. The SMILES string of the molecule is Brc1cnc(Nc2ccc(OCCCN3CCOCC3)cc2)nc1Nc1cc(C2CC2)n[nH]1. The number of anilines is 4. The summed E-state index contributed by atoms with van der Waals surface area (Å²) in [5.74, 6) is 3.44. The number of nitrogens with zero attached hydrogens (tertiary/aromatic N) is 4. The van der Waals surface area contributed by atoms with E-state index in [0.29, 0.717) is 24.3 Å². The normalized spacial score (nSPS) is 16.5. The molecular formula is C23H28BrN7O2. The highest BCUT2D eigenvalue weighted by molar-refractivity contribution is 9.10. The Morgan fingerprint density at radius 2 is 1.97 bits per heavy atom. The van der Waals surface area contributed by atoms with Gasteiger partial charge >= 0.3 is 0 Å². The van der Waals surface area contributed by atoms with Gasteiger partial charge < -0.3 is 20.1 Å². The minimum atomic E-state index is 0.502. The van der Waals surface area contributed by atoms with Gasteiger partial charge in [0.25, 0.3) is 0 Å². The van der Waals surface area contributed by atoms with Crippen LogP contribution in [0.4, 0.5) is 23.3 Å². The van der Waals surface area contributed by atoms with Crippen LogP contribution >= 0.6 is 15.9 Å². The number of aromatic nitrogens is 4. The van der Waals surface area contributed by atoms with Gasteiger partial charge in [-0.05, 0) is 59.5 Å². The van der Waals surface area contributed by atoms with Gasteiger partial charge in [0, 0.05) is 43.5 Å². The summed E-state index contributed by atoms with van der Waals surface area (Å²) in [6, 6.07) is 9.89. The van der Waals surface area contributed by atoms with E-state index in [1.165, 1.54) is 12.8 Å². The predicted molar refractivity (Wildman–Crippen MR) is 131 cm³/mol. The lowest BCUT2D eigenvalue weighted by Crippen LogP contribution is -2.37. The molecule has 1 saturated heterocycles. The molecule has 5 rings (SSSR count). The third kappa shape index (κ3) is 6.21. The molecule has 1 aliphatic carbocycles. The zero-order valence-corrected chi connectivity index (χ0v) is 20.0. The van der Waals surface area contributed by atoms with Crippen molar-refractivity contribution in [2.24, 2.45) is 0 Å². The minimum absolute atomic E-state index is 0.502. The minimum Gasteiger partial charge on any atom is -0.494 e. The van der Waals surface area contributed by atoms with Gasteiger partial charge in [-0.1, -0.05) is 0 Å².